The monoisotopic (exact) mass is 382 g/mol. The van der Waals surface area contributed by atoms with Gasteiger partial charge in [-0.2, -0.15) is 0 Å². The third-order valence-electron chi connectivity index (χ3n) is 2.62. The molecule has 1 aromatic carbocycles. The van der Waals surface area contributed by atoms with Gasteiger partial charge in [-0.05, 0) is 18.2 Å². The molecule has 1 aromatic rings. The molecule has 0 saturated carbocycles. The smallest absolute Gasteiger partial charge is 0.367 e. The molecule has 0 aliphatic heterocycles. The summed E-state index contributed by atoms with van der Waals surface area (Å²) in [6, 6.07) is 5.00. The van der Waals surface area contributed by atoms with Crippen molar-refractivity contribution in [3.63, 3.8) is 0 Å². The van der Waals surface area contributed by atoms with Crippen LogP contribution < -0.4 is 0 Å². The van der Waals surface area contributed by atoms with Gasteiger partial charge < -0.3 is 9.05 Å². The van der Waals surface area contributed by atoms with Crippen molar-refractivity contribution in [1.82, 2.24) is 0 Å². The molecule has 134 valence electrons. The molecule has 10 nitrogen and oxygen atoms in total. The molecule has 0 spiro atoms. The molecule has 0 saturated heterocycles. The van der Waals surface area contributed by atoms with Gasteiger partial charge in [0.25, 0.3) is 0 Å². The molecule has 0 heterocycles. The Morgan fingerprint density at radius 3 is 1.38 bits per heavy atom. The van der Waals surface area contributed by atoms with E-state index in [4.69, 9.17) is 0 Å². The number of hydrogen-bond acceptors (Lipinski definition) is 10. The van der Waals surface area contributed by atoms with Crippen LogP contribution in [0.25, 0.3) is 0 Å². The fourth-order valence-corrected chi connectivity index (χ4v) is 2.59. The molecule has 0 atom stereocenters. The zero-order chi connectivity index (χ0) is 18.4. The van der Waals surface area contributed by atoms with Gasteiger partial charge in [0.2, 0.25) is 0 Å². The lowest BCUT2D eigenvalue weighted by Gasteiger charge is -2.14. The van der Waals surface area contributed by atoms with Crippen LogP contribution in [0.3, 0.4) is 0 Å². The van der Waals surface area contributed by atoms with E-state index in [1.807, 2.05) is 0 Å². The van der Waals surface area contributed by atoms with Crippen LogP contribution in [0.2, 0.25) is 0 Å². The third kappa shape index (κ3) is 5.24. The van der Waals surface area contributed by atoms with Crippen molar-refractivity contribution in [3.05, 3.63) is 35.4 Å². The minimum Gasteiger partial charge on any atom is -0.367 e. The highest BCUT2D eigenvalue weighted by molar-refractivity contribution is 7.49. The molecule has 0 N–H and O–H groups in total. The Morgan fingerprint density at radius 1 is 0.750 bits per heavy atom. The Bertz CT molecular complexity index is 630. The number of carbonyl (C=O) groups is 2. The highest BCUT2D eigenvalue weighted by Gasteiger charge is 2.30. The predicted molar refractivity (Wildman–Crippen MR) is 80.5 cm³/mol. The van der Waals surface area contributed by atoms with Crippen molar-refractivity contribution in [1.29, 1.82) is 0 Å². The first-order valence-corrected chi connectivity index (χ1v) is 9.15. The molecule has 1 rings (SSSR count). The zero-order valence-corrected chi connectivity index (χ0v) is 15.1. The van der Waals surface area contributed by atoms with Crippen molar-refractivity contribution >= 4 is 27.6 Å². The summed E-state index contributed by atoms with van der Waals surface area (Å²) in [5, 5.41) is 0. The molecule has 0 fully saturated rings. The van der Waals surface area contributed by atoms with Gasteiger partial charge >= 0.3 is 27.6 Å². The molecule has 0 bridgehead atoms. The van der Waals surface area contributed by atoms with Gasteiger partial charge in [-0.1, -0.05) is 6.07 Å². The number of hydrogen-bond donors (Lipinski definition) is 0. The van der Waals surface area contributed by atoms with E-state index in [-0.39, 0.29) is 11.1 Å². The van der Waals surface area contributed by atoms with Gasteiger partial charge in [0, 0.05) is 28.4 Å². The minimum atomic E-state index is -4.04. The Kier molecular flexibility index (Phi) is 7.28. The van der Waals surface area contributed by atoms with Gasteiger partial charge in [-0.25, -0.2) is 18.7 Å². The van der Waals surface area contributed by atoms with Gasteiger partial charge in [-0.3, -0.25) is 18.1 Å². The molecule has 0 aliphatic rings. The third-order valence-corrected chi connectivity index (χ3v) is 5.19. The normalized spacial score (nSPS) is 11.8. The fourth-order valence-electron chi connectivity index (χ4n) is 1.38. The lowest BCUT2D eigenvalue weighted by atomic mass is 10.1. The standard InChI is InChI=1S/C12H16O10P2/c1-17-23(15,18-2)21-11(13)9-6-5-7-10(8-9)12(14)22-24(16,19-3)20-4/h5-8H,1-4H3. The van der Waals surface area contributed by atoms with E-state index in [0.29, 0.717) is 0 Å². The predicted octanol–water partition coefficient (Wildman–Crippen LogP) is 2.80. The van der Waals surface area contributed by atoms with E-state index in [0.717, 1.165) is 34.5 Å². The molecule has 0 aromatic heterocycles. The van der Waals surface area contributed by atoms with E-state index in [1.165, 1.54) is 18.2 Å². The van der Waals surface area contributed by atoms with E-state index in [9.17, 15) is 18.7 Å². The van der Waals surface area contributed by atoms with Crippen LogP contribution in [-0.2, 0) is 36.3 Å². The second-order valence-corrected chi connectivity index (χ2v) is 7.58. The maximum absolute atomic E-state index is 11.9. The topological polar surface area (TPSA) is 124 Å². The van der Waals surface area contributed by atoms with Gasteiger partial charge in [0.05, 0.1) is 11.1 Å². The van der Waals surface area contributed by atoms with Crippen molar-refractivity contribution < 1.29 is 45.9 Å². The average molecular weight is 382 g/mol. The summed E-state index contributed by atoms with van der Waals surface area (Å²) in [7, 11) is -3.91. The van der Waals surface area contributed by atoms with Crippen LogP contribution in [0.5, 0.6) is 0 Å². The Morgan fingerprint density at radius 2 is 1.08 bits per heavy atom. The first-order valence-electron chi connectivity index (χ1n) is 6.23. The first kappa shape index (κ1) is 20.5. The quantitative estimate of drug-likeness (QED) is 0.620. The summed E-state index contributed by atoms with van der Waals surface area (Å²) in [6.07, 6.45) is 0. The van der Waals surface area contributed by atoms with Crippen LogP contribution in [-0.4, -0.2) is 40.4 Å². The van der Waals surface area contributed by atoms with E-state index in [2.05, 4.69) is 27.1 Å². The molecule has 24 heavy (non-hydrogen) atoms. The summed E-state index contributed by atoms with van der Waals surface area (Å²) >= 11 is 0. The van der Waals surface area contributed by atoms with Gasteiger partial charge in [0.15, 0.2) is 0 Å². The molecular weight excluding hydrogens is 366 g/mol. The summed E-state index contributed by atoms with van der Waals surface area (Å²) in [4.78, 5) is 23.9. The highest BCUT2D eigenvalue weighted by Crippen LogP contribution is 2.49. The number of phosphoric acid groups is 2. The number of carbonyl (C=O) groups excluding carboxylic acids is 2. The largest absolute Gasteiger partial charge is 0.531 e. The lowest BCUT2D eigenvalue weighted by Crippen LogP contribution is -2.09. The van der Waals surface area contributed by atoms with Crippen LogP contribution in [0.4, 0.5) is 0 Å². The van der Waals surface area contributed by atoms with Crippen molar-refractivity contribution in [2.75, 3.05) is 28.4 Å². The summed E-state index contributed by atoms with van der Waals surface area (Å²) in [6.45, 7) is 0. The van der Waals surface area contributed by atoms with E-state index in [1.54, 1.807) is 0 Å². The SMILES string of the molecule is COP(=O)(OC)OC(=O)c1cccc(C(=O)OP(=O)(OC)OC)c1. The Hall–Kier alpha value is -1.54. The zero-order valence-electron chi connectivity index (χ0n) is 13.3. The summed E-state index contributed by atoms with van der Waals surface area (Å²) in [5.41, 5.74) is -0.271. The Balaban J connectivity index is 2.98. The van der Waals surface area contributed by atoms with Crippen molar-refractivity contribution in [3.8, 4) is 0 Å². The van der Waals surface area contributed by atoms with Crippen LogP contribution in [0, 0.1) is 0 Å². The Labute approximate surface area is 138 Å². The van der Waals surface area contributed by atoms with E-state index >= 15 is 0 Å². The first-order chi connectivity index (χ1) is 11.2. The van der Waals surface area contributed by atoms with E-state index < -0.39 is 27.6 Å². The molecule has 0 aliphatic carbocycles. The number of phosphoric ester groups is 2. The minimum absolute atomic E-state index is 0.136. The number of benzene rings is 1. The second-order valence-electron chi connectivity index (χ2n) is 3.96. The lowest BCUT2D eigenvalue weighted by molar-refractivity contribution is 0.0636. The molecule has 0 amide bonds. The molecule has 0 radical (unpaired) electrons. The summed E-state index contributed by atoms with van der Waals surface area (Å²) in [5.74, 6) is -2.11. The fraction of sp³-hybridized carbons (Fsp3) is 0.333. The van der Waals surface area contributed by atoms with Gasteiger partial charge in [-0.15, -0.1) is 0 Å². The van der Waals surface area contributed by atoms with Crippen LogP contribution in [0.15, 0.2) is 24.3 Å². The number of rotatable bonds is 8. The highest BCUT2D eigenvalue weighted by atomic mass is 31.2. The van der Waals surface area contributed by atoms with Crippen LogP contribution in [0.1, 0.15) is 20.7 Å². The second kappa shape index (κ2) is 8.53. The maximum atomic E-state index is 11.9. The van der Waals surface area contributed by atoms with Crippen molar-refractivity contribution in [2.24, 2.45) is 0 Å². The summed E-state index contributed by atoms with van der Waals surface area (Å²) < 4.78 is 50.7. The molecule has 0 unspecified atom stereocenters. The maximum Gasteiger partial charge on any atom is 0.531 e. The van der Waals surface area contributed by atoms with Crippen LogP contribution >= 0.6 is 15.6 Å². The molecular formula is C12H16O10P2. The molecule has 12 heteroatoms. The van der Waals surface area contributed by atoms with Crippen molar-refractivity contribution in [2.45, 2.75) is 0 Å². The average Bonchev–Trinajstić information content (AvgIpc) is 2.61. The van der Waals surface area contributed by atoms with Gasteiger partial charge in [0.1, 0.15) is 0 Å².